The van der Waals surface area contributed by atoms with Crippen molar-refractivity contribution in [1.82, 2.24) is 34.7 Å². The lowest BCUT2D eigenvalue weighted by atomic mass is 9.69. The van der Waals surface area contributed by atoms with Crippen molar-refractivity contribution in [2.24, 2.45) is 11.1 Å². The van der Waals surface area contributed by atoms with E-state index in [0.717, 1.165) is 16.2 Å². The van der Waals surface area contributed by atoms with Crippen LogP contribution in [0.3, 0.4) is 0 Å². The van der Waals surface area contributed by atoms with E-state index in [-0.39, 0.29) is 67.5 Å². The van der Waals surface area contributed by atoms with Crippen LogP contribution < -0.4 is 26.2 Å². The summed E-state index contributed by atoms with van der Waals surface area (Å²) >= 11 is 6.45. The van der Waals surface area contributed by atoms with Crippen LogP contribution in [-0.2, 0) is 17.8 Å². The van der Waals surface area contributed by atoms with E-state index >= 15 is 13.2 Å². The molecule has 310 valence electrons. The number of nitrogens with zero attached hydrogens (tertiary/aromatic N) is 8. The van der Waals surface area contributed by atoms with Crippen LogP contribution in [0.1, 0.15) is 50.4 Å². The molecule has 0 saturated carbocycles. The van der Waals surface area contributed by atoms with Crippen LogP contribution in [0.15, 0.2) is 54.9 Å². The molecule has 4 aliphatic rings. The molecule has 3 aromatic heterocycles. The molecule has 4 aliphatic heterocycles. The molecule has 3 saturated heterocycles. The van der Waals surface area contributed by atoms with Crippen molar-refractivity contribution >= 4 is 63.9 Å². The molecule has 3 fully saturated rings. The minimum absolute atomic E-state index is 0.0568. The number of carbonyl (C=O) groups excluding carboxylic acids is 4. The average molecular weight is 842 g/mol. The van der Waals surface area contributed by atoms with Gasteiger partial charge in [0.2, 0.25) is 5.91 Å². The zero-order chi connectivity index (χ0) is 42.2. The number of likely N-dealkylation sites (tertiary alicyclic amines) is 2. The number of piperidine rings is 1. The molecule has 5 amide bonds. The highest BCUT2D eigenvalue weighted by atomic mass is 35.5. The molecule has 0 aliphatic carbocycles. The first-order chi connectivity index (χ1) is 28.7. The number of primary amides is 1. The van der Waals surface area contributed by atoms with Gasteiger partial charge in [-0.2, -0.15) is 0 Å². The molecule has 0 radical (unpaired) electrons. The molecule has 0 unspecified atom stereocenters. The molecule has 60 heavy (non-hydrogen) atoms. The van der Waals surface area contributed by atoms with Gasteiger partial charge in [0.1, 0.15) is 17.2 Å². The Labute approximate surface area is 346 Å². The second-order valence-corrected chi connectivity index (χ2v) is 16.2. The molecule has 1 spiro atoms. The number of hydrogen-bond acceptors (Lipinski definition) is 10. The Morgan fingerprint density at radius 3 is 2.48 bits per heavy atom. The number of halogens is 4. The Hall–Kier alpha value is -6.27. The van der Waals surface area contributed by atoms with Gasteiger partial charge in [-0.15, -0.1) is 5.10 Å². The number of benzene rings is 2. The summed E-state index contributed by atoms with van der Waals surface area (Å²) in [6.45, 7) is 1.93. The number of anilines is 4. The number of nitrogens with two attached hydrogens (primary N) is 1. The molecule has 0 atom stereocenters. The summed E-state index contributed by atoms with van der Waals surface area (Å²) in [6, 6.07) is 11.0. The van der Waals surface area contributed by atoms with E-state index in [9.17, 15) is 19.2 Å². The van der Waals surface area contributed by atoms with Crippen LogP contribution in [0, 0.1) is 18.2 Å². The number of aromatic nitrogens is 4. The summed E-state index contributed by atoms with van der Waals surface area (Å²) < 4.78 is 49.3. The van der Waals surface area contributed by atoms with Gasteiger partial charge in [-0.05, 0) is 60.7 Å². The second kappa shape index (κ2) is 14.5. The molecule has 7 heterocycles. The van der Waals surface area contributed by atoms with Crippen molar-refractivity contribution in [2.75, 3.05) is 61.4 Å². The molecule has 2 aromatic carbocycles. The maximum absolute atomic E-state index is 16.0. The number of urea groups is 1. The van der Waals surface area contributed by atoms with Gasteiger partial charge in [-0.3, -0.25) is 34.5 Å². The molecule has 5 aromatic rings. The maximum atomic E-state index is 16.0. The molecule has 19 heteroatoms. The number of imidazole rings is 1. The van der Waals surface area contributed by atoms with Crippen LogP contribution in [0.4, 0.5) is 40.8 Å². The van der Waals surface area contributed by atoms with E-state index in [0.29, 0.717) is 52.5 Å². The van der Waals surface area contributed by atoms with Gasteiger partial charge in [0.25, 0.3) is 17.7 Å². The Bertz CT molecular complexity index is 2650. The number of imide groups is 1. The fourth-order valence-corrected chi connectivity index (χ4v) is 9.12. The summed E-state index contributed by atoms with van der Waals surface area (Å²) in [4.78, 5) is 65.0. The quantitative estimate of drug-likeness (QED) is 0.190. The summed E-state index contributed by atoms with van der Waals surface area (Å²) in [5, 5.41) is 10.2. The zero-order valence-electron chi connectivity index (χ0n) is 32.6. The highest BCUT2D eigenvalue weighted by Gasteiger charge is 2.62. The van der Waals surface area contributed by atoms with Crippen LogP contribution in [0.25, 0.3) is 16.9 Å². The number of nitrogens with one attached hydrogen (secondary N) is 2. The Kier molecular flexibility index (Phi) is 9.46. The van der Waals surface area contributed by atoms with Crippen LogP contribution in [-0.4, -0.2) is 105 Å². The highest BCUT2D eigenvalue weighted by molar-refractivity contribution is 6.32. The summed E-state index contributed by atoms with van der Waals surface area (Å²) in [7, 11) is 1.74. The molecular formula is C41H39ClF3N11O4. The third-order valence-electron chi connectivity index (χ3n) is 12.1. The summed E-state index contributed by atoms with van der Waals surface area (Å²) in [5.41, 5.74) is 9.36. The van der Waals surface area contributed by atoms with Gasteiger partial charge in [-0.1, -0.05) is 23.7 Å². The van der Waals surface area contributed by atoms with Crippen molar-refractivity contribution in [3.63, 3.8) is 0 Å². The Morgan fingerprint density at radius 1 is 0.983 bits per heavy atom. The topological polar surface area (TPSA) is 174 Å². The molecular weight excluding hydrogens is 803 g/mol. The summed E-state index contributed by atoms with van der Waals surface area (Å²) in [5.74, 6) is -4.93. The van der Waals surface area contributed by atoms with E-state index in [1.165, 1.54) is 33.8 Å². The zero-order valence-corrected chi connectivity index (χ0v) is 33.3. The Morgan fingerprint density at radius 2 is 1.77 bits per heavy atom. The van der Waals surface area contributed by atoms with Crippen LogP contribution in [0.2, 0.25) is 5.02 Å². The number of alkyl halides is 2. The lowest BCUT2D eigenvalue weighted by Crippen LogP contribution is -2.70. The van der Waals surface area contributed by atoms with Gasteiger partial charge in [0, 0.05) is 86.8 Å². The van der Waals surface area contributed by atoms with E-state index < -0.39 is 47.5 Å². The third kappa shape index (κ3) is 6.44. The van der Waals surface area contributed by atoms with E-state index in [1.54, 1.807) is 20.2 Å². The predicted molar refractivity (Wildman–Crippen MR) is 216 cm³/mol. The first kappa shape index (κ1) is 39.2. The minimum Gasteiger partial charge on any atom is -0.385 e. The third-order valence-corrected chi connectivity index (χ3v) is 12.5. The van der Waals surface area contributed by atoms with Gasteiger partial charge in [-0.25, -0.2) is 27.5 Å². The normalized spacial score (nSPS) is 18.5. The maximum Gasteiger partial charge on any atom is 0.328 e. The smallest absolute Gasteiger partial charge is 0.328 e. The fourth-order valence-electron chi connectivity index (χ4n) is 8.90. The van der Waals surface area contributed by atoms with E-state index in [1.807, 2.05) is 34.1 Å². The number of carbonyl (C=O) groups is 4. The molecule has 15 nitrogen and oxygen atoms in total. The Balaban J connectivity index is 0.869. The largest absolute Gasteiger partial charge is 0.385 e. The van der Waals surface area contributed by atoms with Gasteiger partial charge in [0.15, 0.2) is 11.5 Å². The second-order valence-electron chi connectivity index (χ2n) is 15.8. The van der Waals surface area contributed by atoms with Gasteiger partial charge < -0.3 is 20.9 Å². The van der Waals surface area contributed by atoms with Gasteiger partial charge >= 0.3 is 6.03 Å². The van der Waals surface area contributed by atoms with Crippen molar-refractivity contribution in [2.45, 2.75) is 38.7 Å². The van der Waals surface area contributed by atoms with Crippen molar-refractivity contribution in [3.05, 3.63) is 93.6 Å². The monoisotopic (exact) mass is 841 g/mol. The number of pyridine rings is 1. The number of hydrogen-bond donors (Lipinski definition) is 3. The van der Waals surface area contributed by atoms with Gasteiger partial charge in [0.05, 0.1) is 29.5 Å². The SMILES string of the molecule is CNc1cc(N2CCc3c(-c4ncc(CN5CC6(CCN(C(=O)c7cc(Cl)c(C)c(N8CCC(=O)NC8=O)c7)CC6(F)F)C5)cc4F)cccc32)nn2c(C(N)=O)cnc12. The van der Waals surface area contributed by atoms with Crippen LogP contribution in [0.5, 0.6) is 0 Å². The molecule has 4 N–H and O–H groups in total. The van der Waals surface area contributed by atoms with E-state index in [4.69, 9.17) is 17.3 Å². The first-order valence-corrected chi connectivity index (χ1v) is 19.8. The molecule has 9 rings (SSSR count). The van der Waals surface area contributed by atoms with E-state index in [2.05, 4.69) is 25.7 Å². The lowest BCUT2D eigenvalue weighted by Gasteiger charge is -2.57. The standard InChI is InChI=1S/C41H39ClF3N11O4/c1-22-27(42)13-24(14-31(22)55-10-7-34(57)50-39(55)60)38(59)53-11-8-40(41(44,45)21-53)19-52(20-40)18-23-12-28(43)35(48-16-23)26-4-3-5-30-25(26)6-9-54(30)33-15-29(47-2)37-49-17-32(36(46)58)56(37)51-33/h3-5,12-17,47H,6-11,18-21H2,1-2H3,(H2,46,58)(H,50,57,60). The van der Waals surface area contributed by atoms with Crippen molar-refractivity contribution in [3.8, 4) is 11.3 Å². The highest BCUT2D eigenvalue weighted by Crippen LogP contribution is 2.51. The number of fused-ring (bicyclic) bond motifs is 2. The van der Waals surface area contributed by atoms with Crippen molar-refractivity contribution < 1.29 is 32.3 Å². The fraction of sp³-hybridized carbons (Fsp3) is 0.341. The minimum atomic E-state index is -3.21. The van der Waals surface area contributed by atoms with Crippen LogP contribution >= 0.6 is 11.6 Å². The van der Waals surface area contributed by atoms with Crippen molar-refractivity contribution in [1.29, 1.82) is 0 Å². The average Bonchev–Trinajstić information content (AvgIpc) is 3.84. The number of rotatable bonds is 8. The first-order valence-electron chi connectivity index (χ1n) is 19.4. The number of amides is 5. The predicted octanol–water partition coefficient (Wildman–Crippen LogP) is 5.16. The summed E-state index contributed by atoms with van der Waals surface area (Å²) in [6.07, 6.45) is 3.64. The molecule has 0 bridgehead atoms. The lowest BCUT2D eigenvalue weighted by molar-refractivity contribution is -0.220.